The van der Waals surface area contributed by atoms with Gasteiger partial charge in [-0.3, -0.25) is 9.20 Å². The number of carbonyl (C=O) groups excluding carboxylic acids is 1. The number of halogens is 4. The lowest BCUT2D eigenvalue weighted by Crippen LogP contribution is -2.45. The van der Waals surface area contributed by atoms with E-state index in [1.165, 1.54) is 9.30 Å². The van der Waals surface area contributed by atoms with E-state index in [4.69, 9.17) is 11.6 Å². The van der Waals surface area contributed by atoms with E-state index >= 15 is 0 Å². The molecule has 2 aromatic heterocycles. The molecule has 1 atom stereocenters. The van der Waals surface area contributed by atoms with Gasteiger partial charge in [-0.25, -0.2) is 4.98 Å². The second-order valence-electron chi connectivity index (χ2n) is 5.31. The van der Waals surface area contributed by atoms with Gasteiger partial charge in [-0.2, -0.15) is 13.2 Å². The van der Waals surface area contributed by atoms with Crippen LogP contribution in [0.3, 0.4) is 0 Å². The zero-order chi connectivity index (χ0) is 15.9. The summed E-state index contributed by atoms with van der Waals surface area (Å²) in [6.07, 6.45) is -2.30. The van der Waals surface area contributed by atoms with Gasteiger partial charge < -0.3 is 4.90 Å². The molecule has 1 aliphatic rings. The minimum Gasteiger partial charge on any atom is -0.337 e. The molecule has 3 heterocycles. The topological polar surface area (TPSA) is 37.6 Å². The van der Waals surface area contributed by atoms with Gasteiger partial charge in [0.05, 0.1) is 5.92 Å². The number of likely N-dealkylation sites (tertiary alicyclic amines) is 1. The van der Waals surface area contributed by atoms with Crippen LogP contribution >= 0.6 is 11.6 Å². The first-order chi connectivity index (χ1) is 10.4. The molecule has 1 saturated heterocycles. The Balaban J connectivity index is 1.91. The molecule has 1 fully saturated rings. The van der Waals surface area contributed by atoms with Gasteiger partial charge in [0.2, 0.25) is 0 Å². The van der Waals surface area contributed by atoms with E-state index in [0.717, 1.165) is 0 Å². The number of amides is 1. The molecule has 1 unspecified atom stereocenters. The molecule has 4 nitrogen and oxygen atoms in total. The Labute approximate surface area is 129 Å². The van der Waals surface area contributed by atoms with Gasteiger partial charge in [0, 0.05) is 19.3 Å². The van der Waals surface area contributed by atoms with Crippen LogP contribution in [0, 0.1) is 5.92 Å². The van der Waals surface area contributed by atoms with E-state index in [9.17, 15) is 18.0 Å². The van der Waals surface area contributed by atoms with Crippen molar-refractivity contribution in [3.05, 3.63) is 35.2 Å². The van der Waals surface area contributed by atoms with E-state index in [1.54, 1.807) is 24.4 Å². The van der Waals surface area contributed by atoms with Crippen molar-refractivity contribution < 1.29 is 18.0 Å². The molecule has 0 aromatic carbocycles. The van der Waals surface area contributed by atoms with E-state index in [2.05, 4.69) is 4.98 Å². The third-order valence-corrected chi connectivity index (χ3v) is 4.12. The van der Waals surface area contributed by atoms with E-state index in [0.29, 0.717) is 18.6 Å². The minimum absolute atomic E-state index is 0.00494. The van der Waals surface area contributed by atoms with Crippen molar-refractivity contribution in [3.8, 4) is 0 Å². The maximum atomic E-state index is 12.9. The van der Waals surface area contributed by atoms with Crippen molar-refractivity contribution >= 4 is 23.2 Å². The SMILES string of the molecule is O=C(c1c(Cl)nc2ccccn12)N1CCCC(C(F)(F)F)C1. The van der Waals surface area contributed by atoms with Crippen LogP contribution in [0.2, 0.25) is 5.15 Å². The Morgan fingerprint density at radius 1 is 1.36 bits per heavy atom. The number of pyridine rings is 1. The zero-order valence-electron chi connectivity index (χ0n) is 11.5. The Bertz CT molecular complexity index is 713. The standard InChI is InChI=1S/C14H13ClF3N3O/c15-12-11(21-7-2-1-5-10(21)19-12)13(22)20-6-3-4-9(8-20)14(16,17)18/h1-2,5,7,9H,3-4,6,8H2. The molecule has 2 aromatic rings. The fourth-order valence-corrected chi connectivity index (χ4v) is 3.00. The van der Waals surface area contributed by atoms with Crippen LogP contribution < -0.4 is 0 Å². The highest BCUT2D eigenvalue weighted by Crippen LogP contribution is 2.34. The monoisotopic (exact) mass is 331 g/mol. The van der Waals surface area contributed by atoms with Crippen LogP contribution in [-0.2, 0) is 0 Å². The second-order valence-corrected chi connectivity index (χ2v) is 5.67. The van der Waals surface area contributed by atoms with Crippen molar-refractivity contribution in [3.63, 3.8) is 0 Å². The van der Waals surface area contributed by atoms with E-state index < -0.39 is 18.0 Å². The number of fused-ring (bicyclic) bond motifs is 1. The number of piperidine rings is 1. The first-order valence-corrected chi connectivity index (χ1v) is 7.24. The van der Waals surface area contributed by atoms with Crippen LogP contribution in [0.25, 0.3) is 5.65 Å². The third-order valence-electron chi connectivity index (χ3n) is 3.86. The highest BCUT2D eigenvalue weighted by molar-refractivity contribution is 6.32. The van der Waals surface area contributed by atoms with E-state index in [1.807, 2.05) is 0 Å². The molecule has 22 heavy (non-hydrogen) atoms. The molecular formula is C14H13ClF3N3O. The van der Waals surface area contributed by atoms with Gasteiger partial charge in [0.15, 0.2) is 10.8 Å². The van der Waals surface area contributed by atoms with Gasteiger partial charge in [0.25, 0.3) is 5.91 Å². The number of rotatable bonds is 1. The summed E-state index contributed by atoms with van der Waals surface area (Å²) in [6.45, 7) is -0.0411. The minimum atomic E-state index is -4.29. The van der Waals surface area contributed by atoms with Crippen LogP contribution in [-0.4, -0.2) is 39.5 Å². The number of aromatic nitrogens is 2. The van der Waals surface area contributed by atoms with Gasteiger partial charge in [-0.1, -0.05) is 17.7 Å². The first kappa shape index (κ1) is 15.1. The summed E-state index contributed by atoms with van der Waals surface area (Å²) in [5, 5.41) is 0.00494. The molecule has 1 amide bonds. The predicted octanol–water partition coefficient (Wildman–Crippen LogP) is 3.40. The molecule has 0 N–H and O–H groups in total. The quantitative estimate of drug-likeness (QED) is 0.803. The molecule has 0 radical (unpaired) electrons. The Morgan fingerprint density at radius 3 is 2.86 bits per heavy atom. The third kappa shape index (κ3) is 2.65. The summed E-state index contributed by atoms with van der Waals surface area (Å²) in [6, 6.07) is 5.13. The maximum absolute atomic E-state index is 12.9. The highest BCUT2D eigenvalue weighted by Gasteiger charge is 2.43. The molecule has 8 heteroatoms. The van der Waals surface area contributed by atoms with Gasteiger partial charge in [0.1, 0.15) is 5.65 Å². The van der Waals surface area contributed by atoms with Crippen molar-refractivity contribution in [1.82, 2.24) is 14.3 Å². The number of carbonyl (C=O) groups is 1. The van der Waals surface area contributed by atoms with Gasteiger partial charge in [-0.05, 0) is 25.0 Å². The Hall–Kier alpha value is -1.76. The largest absolute Gasteiger partial charge is 0.393 e. The number of nitrogens with zero attached hydrogens (tertiary/aromatic N) is 3. The van der Waals surface area contributed by atoms with Crippen LogP contribution in [0.15, 0.2) is 24.4 Å². The lowest BCUT2D eigenvalue weighted by molar-refractivity contribution is -0.184. The first-order valence-electron chi connectivity index (χ1n) is 6.86. The average molecular weight is 332 g/mol. The summed E-state index contributed by atoms with van der Waals surface area (Å²) in [7, 11) is 0. The van der Waals surface area contributed by atoms with Crippen molar-refractivity contribution in [2.24, 2.45) is 5.92 Å². The summed E-state index contributed by atoms with van der Waals surface area (Å²) in [5.74, 6) is -2.00. The van der Waals surface area contributed by atoms with Gasteiger partial charge >= 0.3 is 6.18 Å². The summed E-state index contributed by atoms with van der Waals surface area (Å²) >= 11 is 6.01. The second kappa shape index (κ2) is 5.46. The number of hydrogen-bond acceptors (Lipinski definition) is 2. The number of alkyl halides is 3. The zero-order valence-corrected chi connectivity index (χ0v) is 12.2. The molecule has 1 aliphatic heterocycles. The maximum Gasteiger partial charge on any atom is 0.393 e. The molecule has 0 spiro atoms. The smallest absolute Gasteiger partial charge is 0.337 e. The fourth-order valence-electron chi connectivity index (χ4n) is 2.74. The normalized spacial score (nSPS) is 19.6. The Morgan fingerprint density at radius 2 is 2.14 bits per heavy atom. The highest BCUT2D eigenvalue weighted by atomic mass is 35.5. The van der Waals surface area contributed by atoms with E-state index in [-0.39, 0.29) is 23.8 Å². The molecule has 0 saturated carbocycles. The predicted molar refractivity (Wildman–Crippen MR) is 74.9 cm³/mol. The molecule has 0 aliphatic carbocycles. The average Bonchev–Trinajstić information content (AvgIpc) is 2.81. The van der Waals surface area contributed by atoms with Crippen molar-refractivity contribution in [1.29, 1.82) is 0 Å². The molecule has 0 bridgehead atoms. The molecule has 3 rings (SSSR count). The Kier molecular flexibility index (Phi) is 3.76. The van der Waals surface area contributed by atoms with Crippen LogP contribution in [0.5, 0.6) is 0 Å². The van der Waals surface area contributed by atoms with Crippen molar-refractivity contribution in [2.75, 3.05) is 13.1 Å². The number of imidazole rings is 1. The lowest BCUT2D eigenvalue weighted by atomic mass is 9.97. The molecule has 118 valence electrons. The fraction of sp³-hybridized carbons (Fsp3) is 0.429. The van der Waals surface area contributed by atoms with Gasteiger partial charge in [-0.15, -0.1) is 0 Å². The molecular weight excluding hydrogens is 319 g/mol. The summed E-state index contributed by atoms with van der Waals surface area (Å²) in [5.41, 5.74) is 0.598. The van der Waals surface area contributed by atoms with Crippen LogP contribution in [0.4, 0.5) is 13.2 Å². The van der Waals surface area contributed by atoms with Crippen LogP contribution in [0.1, 0.15) is 23.3 Å². The van der Waals surface area contributed by atoms with Crippen molar-refractivity contribution in [2.45, 2.75) is 19.0 Å². The summed E-state index contributed by atoms with van der Waals surface area (Å²) in [4.78, 5) is 17.8. The lowest BCUT2D eigenvalue weighted by Gasteiger charge is -2.33. The number of hydrogen-bond donors (Lipinski definition) is 0. The summed E-state index contributed by atoms with van der Waals surface area (Å²) < 4.78 is 40.1.